The van der Waals surface area contributed by atoms with E-state index in [1.807, 2.05) is 88.4 Å². The predicted molar refractivity (Wildman–Crippen MR) is 294 cm³/mol. The maximum atomic E-state index is 12.2. The zero-order valence-corrected chi connectivity index (χ0v) is 45.2. The van der Waals surface area contributed by atoms with Crippen LogP contribution in [0.15, 0.2) is 112 Å². The number of benzene rings is 2. The third-order valence-electron chi connectivity index (χ3n) is 13.6. The van der Waals surface area contributed by atoms with Gasteiger partial charge in [-0.1, -0.05) is 176 Å². The van der Waals surface area contributed by atoms with Crippen molar-refractivity contribution in [3.05, 3.63) is 135 Å². The van der Waals surface area contributed by atoms with E-state index in [-0.39, 0.29) is 5.78 Å². The van der Waals surface area contributed by atoms with Gasteiger partial charge in [-0.2, -0.15) is 0 Å². The lowest BCUT2D eigenvalue weighted by molar-refractivity contribution is -0.115. The van der Waals surface area contributed by atoms with Crippen LogP contribution in [0.25, 0.3) is 5.57 Å². The Labute approximate surface area is 424 Å². The average Bonchev–Trinajstić information content (AvgIpc) is 4.22. The minimum Gasteiger partial charge on any atom is -0.295 e. The van der Waals surface area contributed by atoms with E-state index in [4.69, 9.17) is 0 Å². The minimum atomic E-state index is -0.0150. The van der Waals surface area contributed by atoms with E-state index in [0.29, 0.717) is 40.1 Å². The number of aryl methyl sites for hydroxylation is 2. The fourth-order valence-electron chi connectivity index (χ4n) is 8.98. The van der Waals surface area contributed by atoms with E-state index in [2.05, 4.69) is 47.3 Å². The molecule has 70 heavy (non-hydrogen) atoms. The molecule has 2 aromatic rings. The highest BCUT2D eigenvalue weighted by molar-refractivity contribution is 6.28. The smallest absolute Gasteiger partial charge is 0.193 e. The highest BCUT2D eigenvalue weighted by Gasteiger charge is 2.21. The zero-order chi connectivity index (χ0) is 51.8. The fourth-order valence-corrected chi connectivity index (χ4v) is 8.98. The normalized spacial score (nSPS) is 15.9. The van der Waals surface area contributed by atoms with E-state index >= 15 is 0 Å². The van der Waals surface area contributed by atoms with Gasteiger partial charge in [-0.25, -0.2) is 0 Å². The second-order valence-electron chi connectivity index (χ2n) is 19.2. The first-order valence-corrected chi connectivity index (χ1v) is 27.2. The van der Waals surface area contributed by atoms with E-state index in [1.54, 1.807) is 0 Å². The van der Waals surface area contributed by atoms with Gasteiger partial charge in [-0.05, 0) is 144 Å². The molecular formula is C64H90O6. The molecule has 6 heteroatoms. The molecule has 0 aliphatic heterocycles. The molecule has 7 rings (SSSR count). The SMILES string of the molecule is C=C(C(=O)c1ccc(C)cc1)c1ccc(C)cc1.CCC1=CCCC1=O.CCC1=CCCC1=O.CCCCCC1=C(C)CCC1=O.CCCCCC1=C(CC)CCC1=O.CCCCCC1=CCCC1=O. The van der Waals surface area contributed by atoms with Crippen LogP contribution in [0, 0.1) is 13.8 Å². The maximum absolute atomic E-state index is 12.2. The zero-order valence-electron chi connectivity index (χ0n) is 45.2. The highest BCUT2D eigenvalue weighted by atomic mass is 16.1. The topological polar surface area (TPSA) is 102 Å². The first-order valence-electron chi connectivity index (χ1n) is 27.2. The third-order valence-corrected chi connectivity index (χ3v) is 13.6. The number of unbranched alkanes of at least 4 members (excludes halogenated alkanes) is 6. The van der Waals surface area contributed by atoms with E-state index in [9.17, 15) is 28.8 Å². The molecule has 0 amide bonds. The van der Waals surface area contributed by atoms with Gasteiger partial charge in [0.2, 0.25) is 0 Å². The Morgan fingerprint density at radius 2 is 0.829 bits per heavy atom. The molecule has 0 saturated carbocycles. The second kappa shape index (κ2) is 35.1. The van der Waals surface area contributed by atoms with Crippen molar-refractivity contribution in [2.24, 2.45) is 0 Å². The molecule has 0 spiro atoms. The predicted octanol–water partition coefficient (Wildman–Crippen LogP) is 17.3. The van der Waals surface area contributed by atoms with Gasteiger partial charge in [0.15, 0.2) is 34.7 Å². The number of Topliss-reactive ketones (excluding diaryl/α,β-unsaturated/α-hetero) is 6. The van der Waals surface area contributed by atoms with Gasteiger partial charge in [0.05, 0.1) is 0 Å². The molecule has 0 radical (unpaired) electrons. The van der Waals surface area contributed by atoms with E-state index in [0.717, 1.165) is 136 Å². The van der Waals surface area contributed by atoms with Crippen molar-refractivity contribution >= 4 is 40.3 Å². The number of rotatable bonds is 18. The van der Waals surface area contributed by atoms with Gasteiger partial charge in [-0.3, -0.25) is 28.8 Å². The fraction of sp³-hybridized carbons (Fsp3) is 0.531. The van der Waals surface area contributed by atoms with Crippen LogP contribution in [0.1, 0.15) is 236 Å². The van der Waals surface area contributed by atoms with Crippen LogP contribution in [0.3, 0.4) is 0 Å². The van der Waals surface area contributed by atoms with Crippen molar-refractivity contribution in [1.29, 1.82) is 0 Å². The average molecular weight is 955 g/mol. The molecule has 0 N–H and O–H groups in total. The summed E-state index contributed by atoms with van der Waals surface area (Å²) in [6.07, 6.45) is 32.1. The Kier molecular flexibility index (Phi) is 30.6. The Morgan fingerprint density at radius 3 is 1.20 bits per heavy atom. The maximum Gasteiger partial charge on any atom is 0.193 e. The van der Waals surface area contributed by atoms with Crippen LogP contribution in [0.5, 0.6) is 0 Å². The van der Waals surface area contributed by atoms with Crippen LogP contribution in [0.2, 0.25) is 0 Å². The number of ketones is 6. The standard InChI is InChI=1S/C17H16O.C12H20O.C11H18O.C10H16O.2C7H10O/c1-12-4-8-15(9-5-12)14(3)17(18)16-10-6-13(2)7-11-16;1-3-5-6-7-11-10(4-2)8-9-12(11)13;1-3-4-5-6-10-9(2)7-8-11(10)12;1-2-3-4-6-9-7-5-8-10(9)11;2*1-2-6-4-3-5-7(6)8/h4-11H,3H2,1-2H3;3-9H2,1-2H3;3-8H2,1-2H3;7H,2-6,8H2,1H3;2*4H,2-3,5H2,1H3. The summed E-state index contributed by atoms with van der Waals surface area (Å²) >= 11 is 0. The molecular weight excluding hydrogens is 865 g/mol. The molecule has 0 aromatic heterocycles. The number of hydrogen-bond acceptors (Lipinski definition) is 6. The van der Waals surface area contributed by atoms with Crippen molar-refractivity contribution in [2.45, 2.75) is 223 Å². The summed E-state index contributed by atoms with van der Waals surface area (Å²) in [5.74, 6) is 1.91. The summed E-state index contributed by atoms with van der Waals surface area (Å²) in [6, 6.07) is 15.4. The van der Waals surface area contributed by atoms with Crippen molar-refractivity contribution < 1.29 is 28.8 Å². The molecule has 6 nitrogen and oxygen atoms in total. The minimum absolute atomic E-state index is 0.0150. The number of carbonyl (C=O) groups is 6. The molecule has 382 valence electrons. The first-order chi connectivity index (χ1) is 33.6. The number of allylic oxidation sites excluding steroid dienone is 11. The quantitative estimate of drug-likeness (QED) is 0.0838. The Bertz CT molecular complexity index is 2090. The third kappa shape index (κ3) is 22.3. The number of carbonyl (C=O) groups excluding carboxylic acids is 6. The number of hydrogen-bond donors (Lipinski definition) is 0. The van der Waals surface area contributed by atoms with Crippen LogP contribution >= 0.6 is 0 Å². The van der Waals surface area contributed by atoms with E-state index < -0.39 is 0 Å². The van der Waals surface area contributed by atoms with Gasteiger partial charge >= 0.3 is 0 Å². The van der Waals surface area contributed by atoms with Crippen molar-refractivity contribution in [3.63, 3.8) is 0 Å². The Balaban J connectivity index is 0.000000295. The lowest BCUT2D eigenvalue weighted by Gasteiger charge is -2.06. The molecule has 0 bridgehead atoms. The van der Waals surface area contributed by atoms with Crippen LogP contribution in [-0.4, -0.2) is 34.7 Å². The van der Waals surface area contributed by atoms with Gasteiger partial charge < -0.3 is 0 Å². The summed E-state index contributed by atoms with van der Waals surface area (Å²) in [4.78, 5) is 67.6. The second-order valence-corrected chi connectivity index (χ2v) is 19.2. The highest BCUT2D eigenvalue weighted by Crippen LogP contribution is 2.29. The Morgan fingerprint density at radius 1 is 0.429 bits per heavy atom. The lowest BCUT2D eigenvalue weighted by atomic mass is 9.97. The van der Waals surface area contributed by atoms with Gasteiger partial charge in [0.1, 0.15) is 0 Å². The molecule has 2 aromatic carbocycles. The van der Waals surface area contributed by atoms with Gasteiger partial charge in [0.25, 0.3) is 0 Å². The van der Waals surface area contributed by atoms with Crippen molar-refractivity contribution in [1.82, 2.24) is 0 Å². The summed E-state index contributed by atoms with van der Waals surface area (Å²) in [7, 11) is 0. The summed E-state index contributed by atoms with van der Waals surface area (Å²) < 4.78 is 0. The molecule has 0 unspecified atom stereocenters. The largest absolute Gasteiger partial charge is 0.295 e. The summed E-state index contributed by atoms with van der Waals surface area (Å²) in [5.41, 5.74) is 12.7. The van der Waals surface area contributed by atoms with Gasteiger partial charge in [0, 0.05) is 43.2 Å². The summed E-state index contributed by atoms with van der Waals surface area (Å²) in [6.45, 7) is 22.8. The molecule has 0 fully saturated rings. The van der Waals surface area contributed by atoms with Gasteiger partial charge in [-0.15, -0.1) is 0 Å². The van der Waals surface area contributed by atoms with Crippen molar-refractivity contribution in [3.8, 4) is 0 Å². The molecule has 0 heterocycles. The molecule has 5 aliphatic carbocycles. The molecule has 0 saturated heterocycles. The van der Waals surface area contributed by atoms with E-state index in [1.165, 1.54) is 80.1 Å². The molecule has 0 atom stereocenters. The monoisotopic (exact) mass is 955 g/mol. The first kappa shape index (κ1) is 61.0. The van der Waals surface area contributed by atoms with Crippen LogP contribution in [0.4, 0.5) is 0 Å². The lowest BCUT2D eigenvalue weighted by Crippen LogP contribution is -2.01. The van der Waals surface area contributed by atoms with Crippen molar-refractivity contribution in [2.75, 3.05) is 0 Å². The molecule has 5 aliphatic rings. The van der Waals surface area contributed by atoms with Crippen LogP contribution < -0.4 is 0 Å². The Hall–Kier alpha value is -5.10. The summed E-state index contributed by atoms with van der Waals surface area (Å²) in [5, 5.41) is 0. The van der Waals surface area contributed by atoms with Crippen LogP contribution in [-0.2, 0) is 24.0 Å².